The number of unbranched alkanes of at least 4 members (excludes halogenated alkanes) is 2. The SMILES string of the molecule is CCCCCC1=C(C)C(=O)N(Nc2ccc(C(F)(F)F)c(Cl)n2)C1=O. The first-order valence-corrected chi connectivity index (χ1v) is 8.13. The van der Waals surface area contributed by atoms with Crippen LogP contribution < -0.4 is 5.43 Å². The summed E-state index contributed by atoms with van der Waals surface area (Å²) in [5, 5.41) is -0.00726. The van der Waals surface area contributed by atoms with Gasteiger partial charge in [0.2, 0.25) is 0 Å². The zero-order chi connectivity index (χ0) is 18.8. The van der Waals surface area contributed by atoms with Gasteiger partial charge in [0.1, 0.15) is 11.0 Å². The molecule has 0 aliphatic carbocycles. The van der Waals surface area contributed by atoms with Gasteiger partial charge in [-0.15, -0.1) is 0 Å². The number of rotatable bonds is 6. The number of aromatic nitrogens is 1. The van der Waals surface area contributed by atoms with E-state index >= 15 is 0 Å². The molecule has 0 saturated carbocycles. The van der Waals surface area contributed by atoms with Gasteiger partial charge in [0.05, 0.1) is 5.56 Å². The molecule has 0 atom stereocenters. The molecule has 1 aliphatic rings. The number of hydrogen-bond donors (Lipinski definition) is 1. The molecule has 0 radical (unpaired) electrons. The molecule has 1 aromatic rings. The van der Waals surface area contributed by atoms with Crippen LogP contribution in [-0.4, -0.2) is 21.8 Å². The lowest BCUT2D eigenvalue weighted by Gasteiger charge is -2.17. The average molecular weight is 376 g/mol. The summed E-state index contributed by atoms with van der Waals surface area (Å²) >= 11 is 5.54. The number of imide groups is 1. The molecule has 1 aliphatic heterocycles. The molecule has 0 fully saturated rings. The molecule has 5 nitrogen and oxygen atoms in total. The third-order valence-electron chi connectivity index (χ3n) is 3.85. The lowest BCUT2D eigenvalue weighted by molar-refractivity contribution is -0.138. The van der Waals surface area contributed by atoms with Gasteiger partial charge in [-0.05, 0) is 31.9 Å². The highest BCUT2D eigenvalue weighted by atomic mass is 35.5. The minimum Gasteiger partial charge on any atom is -0.271 e. The average Bonchev–Trinajstić information content (AvgIpc) is 2.71. The molecule has 0 spiro atoms. The molecule has 136 valence electrons. The molecule has 9 heteroatoms. The van der Waals surface area contributed by atoms with E-state index in [1.54, 1.807) is 6.92 Å². The van der Waals surface area contributed by atoms with Gasteiger partial charge >= 0.3 is 6.18 Å². The van der Waals surface area contributed by atoms with E-state index in [4.69, 9.17) is 11.6 Å². The van der Waals surface area contributed by atoms with E-state index in [1.165, 1.54) is 0 Å². The van der Waals surface area contributed by atoms with Crippen molar-refractivity contribution in [1.29, 1.82) is 0 Å². The molecule has 2 heterocycles. The smallest absolute Gasteiger partial charge is 0.271 e. The maximum absolute atomic E-state index is 12.7. The third kappa shape index (κ3) is 4.12. The van der Waals surface area contributed by atoms with Crippen molar-refractivity contribution in [3.05, 3.63) is 34.0 Å². The second kappa shape index (κ2) is 7.43. The van der Waals surface area contributed by atoms with Crippen molar-refractivity contribution in [1.82, 2.24) is 9.99 Å². The Morgan fingerprint density at radius 1 is 1.20 bits per heavy atom. The van der Waals surface area contributed by atoms with Gasteiger partial charge in [0.15, 0.2) is 0 Å². The number of pyridine rings is 1. The van der Waals surface area contributed by atoms with Crippen molar-refractivity contribution < 1.29 is 22.8 Å². The first-order valence-electron chi connectivity index (χ1n) is 7.75. The summed E-state index contributed by atoms with van der Waals surface area (Å²) < 4.78 is 38.1. The number of nitrogens with one attached hydrogen (secondary N) is 1. The van der Waals surface area contributed by atoms with Crippen LogP contribution in [-0.2, 0) is 15.8 Å². The Morgan fingerprint density at radius 2 is 1.88 bits per heavy atom. The van der Waals surface area contributed by atoms with Gasteiger partial charge < -0.3 is 0 Å². The van der Waals surface area contributed by atoms with Crippen molar-refractivity contribution in [3.63, 3.8) is 0 Å². The molecule has 0 saturated heterocycles. The molecular weight excluding hydrogens is 359 g/mol. The quantitative estimate of drug-likeness (QED) is 0.456. The van der Waals surface area contributed by atoms with Crippen molar-refractivity contribution in [3.8, 4) is 0 Å². The fraction of sp³-hybridized carbons (Fsp3) is 0.438. The predicted octanol–water partition coefficient (Wildman–Crippen LogP) is 4.35. The maximum atomic E-state index is 12.7. The van der Waals surface area contributed by atoms with Crippen LogP contribution in [0.4, 0.5) is 19.0 Å². The van der Waals surface area contributed by atoms with E-state index in [-0.39, 0.29) is 5.82 Å². The van der Waals surface area contributed by atoms with Gasteiger partial charge in [-0.3, -0.25) is 15.0 Å². The molecule has 0 bridgehead atoms. The number of halogens is 4. The van der Waals surface area contributed by atoms with Crippen molar-refractivity contribution in [2.24, 2.45) is 0 Å². The van der Waals surface area contributed by atoms with E-state index in [1.807, 2.05) is 6.92 Å². The number of amides is 2. The minimum atomic E-state index is -4.63. The van der Waals surface area contributed by atoms with Crippen molar-refractivity contribution in [2.45, 2.75) is 45.7 Å². The fourth-order valence-corrected chi connectivity index (χ4v) is 2.72. The summed E-state index contributed by atoms with van der Waals surface area (Å²) in [6.07, 6.45) is -1.47. The number of carbonyl (C=O) groups excluding carboxylic acids is 2. The fourth-order valence-electron chi connectivity index (χ4n) is 2.45. The second-order valence-electron chi connectivity index (χ2n) is 5.65. The van der Waals surface area contributed by atoms with Gasteiger partial charge in [-0.25, -0.2) is 4.98 Å². The largest absolute Gasteiger partial charge is 0.419 e. The summed E-state index contributed by atoms with van der Waals surface area (Å²) in [4.78, 5) is 28.2. The Kier molecular flexibility index (Phi) is 5.72. The predicted molar refractivity (Wildman–Crippen MR) is 86.6 cm³/mol. The number of hydrazine groups is 1. The van der Waals surface area contributed by atoms with Crippen LogP contribution in [0.25, 0.3) is 0 Å². The molecule has 2 rings (SSSR count). The lowest BCUT2D eigenvalue weighted by atomic mass is 10.0. The summed E-state index contributed by atoms with van der Waals surface area (Å²) in [7, 11) is 0. The Bertz CT molecular complexity index is 732. The number of anilines is 1. The zero-order valence-electron chi connectivity index (χ0n) is 13.7. The highest BCUT2D eigenvalue weighted by Crippen LogP contribution is 2.34. The normalized spacial score (nSPS) is 15.4. The minimum absolute atomic E-state index is 0.123. The van der Waals surface area contributed by atoms with Crippen LogP contribution in [0.1, 0.15) is 45.1 Å². The van der Waals surface area contributed by atoms with Crippen LogP contribution in [0.15, 0.2) is 23.3 Å². The van der Waals surface area contributed by atoms with Gasteiger partial charge in [0.25, 0.3) is 11.8 Å². The number of carbonyl (C=O) groups is 2. The maximum Gasteiger partial charge on any atom is 0.419 e. The van der Waals surface area contributed by atoms with Gasteiger partial charge in [-0.2, -0.15) is 18.2 Å². The second-order valence-corrected chi connectivity index (χ2v) is 6.01. The Morgan fingerprint density at radius 3 is 2.44 bits per heavy atom. The van der Waals surface area contributed by atoms with Crippen LogP contribution in [0, 0.1) is 0 Å². The van der Waals surface area contributed by atoms with Crippen LogP contribution >= 0.6 is 11.6 Å². The van der Waals surface area contributed by atoms with E-state index in [0.717, 1.165) is 36.4 Å². The van der Waals surface area contributed by atoms with Crippen molar-refractivity contribution >= 4 is 29.2 Å². The molecule has 1 aromatic heterocycles. The lowest BCUT2D eigenvalue weighted by Crippen LogP contribution is -2.37. The Labute approximate surface area is 147 Å². The number of hydrogen-bond acceptors (Lipinski definition) is 4. The van der Waals surface area contributed by atoms with Gasteiger partial charge in [-0.1, -0.05) is 31.4 Å². The van der Waals surface area contributed by atoms with Crippen LogP contribution in [0.5, 0.6) is 0 Å². The molecule has 25 heavy (non-hydrogen) atoms. The van der Waals surface area contributed by atoms with E-state index < -0.39 is 28.7 Å². The molecular formula is C16H17ClF3N3O2. The van der Waals surface area contributed by atoms with E-state index in [0.29, 0.717) is 17.6 Å². The third-order valence-corrected chi connectivity index (χ3v) is 4.14. The first kappa shape index (κ1) is 19.2. The topological polar surface area (TPSA) is 62.3 Å². The number of nitrogens with zero attached hydrogens (tertiary/aromatic N) is 2. The standard InChI is InChI=1S/C16H17ClF3N3O2/c1-3-4-5-6-10-9(2)14(24)23(15(10)25)22-12-8-7-11(13(17)21-12)16(18,19)20/h7-8H,3-6H2,1-2H3,(H,21,22). The Hall–Kier alpha value is -2.09. The number of alkyl halides is 3. The molecule has 0 aromatic carbocycles. The first-order chi connectivity index (χ1) is 11.7. The zero-order valence-corrected chi connectivity index (χ0v) is 14.5. The summed E-state index contributed by atoms with van der Waals surface area (Å²) in [6.45, 7) is 3.58. The van der Waals surface area contributed by atoms with Crippen LogP contribution in [0.2, 0.25) is 5.15 Å². The summed E-state index contributed by atoms with van der Waals surface area (Å²) in [5.41, 5.74) is 2.08. The van der Waals surface area contributed by atoms with E-state index in [9.17, 15) is 22.8 Å². The highest BCUT2D eigenvalue weighted by Gasteiger charge is 2.37. The molecule has 1 N–H and O–H groups in total. The van der Waals surface area contributed by atoms with Gasteiger partial charge in [0, 0.05) is 11.1 Å². The molecule has 2 amide bonds. The summed E-state index contributed by atoms with van der Waals surface area (Å²) in [5.74, 6) is -1.19. The van der Waals surface area contributed by atoms with Crippen LogP contribution in [0.3, 0.4) is 0 Å². The highest BCUT2D eigenvalue weighted by molar-refractivity contribution is 6.30. The Balaban J connectivity index is 2.15. The molecule has 0 unspecified atom stereocenters. The van der Waals surface area contributed by atoms with E-state index in [2.05, 4.69) is 10.4 Å². The summed E-state index contributed by atoms with van der Waals surface area (Å²) in [6, 6.07) is 1.75. The monoisotopic (exact) mass is 375 g/mol. The van der Waals surface area contributed by atoms with Crippen molar-refractivity contribution in [2.75, 3.05) is 5.43 Å².